The van der Waals surface area contributed by atoms with Crippen LogP contribution in [0.25, 0.3) is 0 Å². The van der Waals surface area contributed by atoms with Crippen molar-refractivity contribution in [3.63, 3.8) is 0 Å². The molecule has 0 saturated carbocycles. The first-order chi connectivity index (χ1) is 7.31. The van der Waals surface area contributed by atoms with Crippen molar-refractivity contribution in [2.24, 2.45) is 5.73 Å². The summed E-state index contributed by atoms with van der Waals surface area (Å²) in [5.41, 5.74) is 5.61. The molecule has 2 rings (SSSR count). The van der Waals surface area contributed by atoms with Gasteiger partial charge < -0.3 is 10.6 Å². The minimum Gasteiger partial charge on any atom is -0.330 e. The third-order valence-corrected chi connectivity index (χ3v) is 3.93. The topological polar surface area (TPSA) is 32.5 Å². The summed E-state index contributed by atoms with van der Waals surface area (Å²) < 4.78 is 0. The highest BCUT2D eigenvalue weighted by atomic mass is 15.3. The zero-order valence-electron chi connectivity index (χ0n) is 9.99. The standard InChI is InChI=1S/C12H25N3/c1-14-9-12(10-14)15-8-3-2-5-11(15)6-4-7-13/h11-12H,2-10,13H2,1H3. The van der Waals surface area contributed by atoms with E-state index >= 15 is 0 Å². The van der Waals surface area contributed by atoms with E-state index in [4.69, 9.17) is 5.73 Å². The van der Waals surface area contributed by atoms with Crippen molar-refractivity contribution < 1.29 is 0 Å². The van der Waals surface area contributed by atoms with E-state index in [0.717, 1.165) is 18.6 Å². The molecule has 0 radical (unpaired) electrons. The number of hydrogen-bond donors (Lipinski definition) is 1. The number of hydrogen-bond acceptors (Lipinski definition) is 3. The molecule has 3 nitrogen and oxygen atoms in total. The third-order valence-electron chi connectivity index (χ3n) is 3.93. The van der Waals surface area contributed by atoms with Gasteiger partial charge >= 0.3 is 0 Å². The van der Waals surface area contributed by atoms with E-state index in [1.54, 1.807) is 0 Å². The van der Waals surface area contributed by atoms with Crippen LogP contribution in [0.2, 0.25) is 0 Å². The quantitative estimate of drug-likeness (QED) is 0.750. The SMILES string of the molecule is CN1CC(N2CCCCC2CCCN)C1. The molecular formula is C12H25N3. The lowest BCUT2D eigenvalue weighted by Gasteiger charge is -2.49. The number of nitrogens with zero attached hydrogens (tertiary/aromatic N) is 2. The molecule has 2 N–H and O–H groups in total. The summed E-state index contributed by atoms with van der Waals surface area (Å²) in [7, 11) is 2.22. The van der Waals surface area contributed by atoms with Crippen LogP contribution in [0.5, 0.6) is 0 Å². The smallest absolute Gasteiger partial charge is 0.0353 e. The first-order valence-electron chi connectivity index (χ1n) is 6.45. The predicted molar refractivity (Wildman–Crippen MR) is 63.9 cm³/mol. The van der Waals surface area contributed by atoms with E-state index in [0.29, 0.717) is 0 Å². The molecule has 88 valence electrons. The van der Waals surface area contributed by atoms with Crippen LogP contribution >= 0.6 is 0 Å². The molecular weight excluding hydrogens is 186 g/mol. The Hall–Kier alpha value is -0.120. The van der Waals surface area contributed by atoms with Crippen molar-refractivity contribution in [1.29, 1.82) is 0 Å². The van der Waals surface area contributed by atoms with Crippen molar-refractivity contribution in [1.82, 2.24) is 9.80 Å². The van der Waals surface area contributed by atoms with Crippen LogP contribution in [-0.2, 0) is 0 Å². The Bertz CT molecular complexity index is 189. The largest absolute Gasteiger partial charge is 0.330 e. The lowest BCUT2D eigenvalue weighted by atomic mass is 9.94. The number of rotatable bonds is 4. The molecule has 0 spiro atoms. The number of nitrogens with two attached hydrogens (primary N) is 1. The molecule has 2 aliphatic rings. The second-order valence-corrected chi connectivity index (χ2v) is 5.19. The van der Waals surface area contributed by atoms with Gasteiger partial charge in [-0.15, -0.1) is 0 Å². The zero-order valence-corrected chi connectivity index (χ0v) is 9.99. The van der Waals surface area contributed by atoms with Gasteiger partial charge in [0.15, 0.2) is 0 Å². The Balaban J connectivity index is 1.82. The molecule has 1 unspecified atom stereocenters. The summed E-state index contributed by atoms with van der Waals surface area (Å²) in [6.45, 7) is 4.74. The average molecular weight is 211 g/mol. The lowest BCUT2D eigenvalue weighted by molar-refractivity contribution is 0.00233. The van der Waals surface area contributed by atoms with Gasteiger partial charge in [0.05, 0.1) is 0 Å². The van der Waals surface area contributed by atoms with Crippen LogP contribution in [0.4, 0.5) is 0 Å². The van der Waals surface area contributed by atoms with Gasteiger partial charge in [0.1, 0.15) is 0 Å². The normalized spacial score (nSPS) is 30.4. The fourth-order valence-corrected chi connectivity index (χ4v) is 3.04. The molecule has 15 heavy (non-hydrogen) atoms. The maximum Gasteiger partial charge on any atom is 0.0353 e. The zero-order chi connectivity index (χ0) is 10.7. The van der Waals surface area contributed by atoms with Crippen LogP contribution < -0.4 is 5.73 Å². The van der Waals surface area contributed by atoms with Crippen LogP contribution in [0.3, 0.4) is 0 Å². The monoisotopic (exact) mass is 211 g/mol. The number of likely N-dealkylation sites (N-methyl/N-ethyl adjacent to an activating group) is 1. The molecule has 0 bridgehead atoms. The predicted octanol–water partition coefficient (Wildman–Crippen LogP) is 0.894. The Morgan fingerprint density at radius 2 is 2.07 bits per heavy atom. The Kier molecular flexibility index (Phi) is 4.00. The lowest BCUT2D eigenvalue weighted by Crippen LogP contribution is -2.61. The van der Waals surface area contributed by atoms with Crippen LogP contribution in [-0.4, -0.2) is 55.1 Å². The van der Waals surface area contributed by atoms with Crippen LogP contribution in [0.15, 0.2) is 0 Å². The minimum absolute atomic E-state index is 0.834. The maximum absolute atomic E-state index is 5.61. The first kappa shape index (κ1) is 11.4. The highest BCUT2D eigenvalue weighted by molar-refractivity contribution is 4.91. The number of likely N-dealkylation sites (tertiary alicyclic amines) is 2. The van der Waals surface area contributed by atoms with E-state index in [9.17, 15) is 0 Å². The summed E-state index contributed by atoms with van der Waals surface area (Å²) in [5, 5.41) is 0. The number of piperidine rings is 1. The maximum atomic E-state index is 5.61. The van der Waals surface area contributed by atoms with Crippen LogP contribution in [0, 0.1) is 0 Å². The molecule has 1 atom stereocenters. The van der Waals surface area contributed by atoms with Gasteiger partial charge in [-0.2, -0.15) is 0 Å². The van der Waals surface area contributed by atoms with E-state index in [1.807, 2.05) is 0 Å². The highest BCUT2D eigenvalue weighted by Crippen LogP contribution is 2.26. The van der Waals surface area contributed by atoms with Crippen molar-refractivity contribution >= 4 is 0 Å². The van der Waals surface area contributed by atoms with E-state index in [2.05, 4.69) is 16.8 Å². The second-order valence-electron chi connectivity index (χ2n) is 5.19. The first-order valence-corrected chi connectivity index (χ1v) is 6.45. The van der Waals surface area contributed by atoms with Gasteiger partial charge in [0.25, 0.3) is 0 Å². The third kappa shape index (κ3) is 2.71. The molecule has 0 aromatic carbocycles. The van der Waals surface area contributed by atoms with Gasteiger partial charge in [-0.25, -0.2) is 0 Å². The molecule has 3 heteroatoms. The van der Waals surface area contributed by atoms with E-state index in [-0.39, 0.29) is 0 Å². The Morgan fingerprint density at radius 1 is 1.27 bits per heavy atom. The highest BCUT2D eigenvalue weighted by Gasteiger charge is 2.34. The summed E-state index contributed by atoms with van der Waals surface area (Å²) >= 11 is 0. The minimum atomic E-state index is 0.834. The Labute approximate surface area is 93.6 Å². The van der Waals surface area contributed by atoms with Crippen LogP contribution in [0.1, 0.15) is 32.1 Å². The summed E-state index contributed by atoms with van der Waals surface area (Å²) in [6, 6.07) is 1.68. The molecule has 2 fully saturated rings. The van der Waals surface area contributed by atoms with Gasteiger partial charge in [0.2, 0.25) is 0 Å². The van der Waals surface area contributed by atoms with Crippen molar-refractivity contribution in [3.8, 4) is 0 Å². The fraction of sp³-hybridized carbons (Fsp3) is 1.00. The van der Waals surface area contributed by atoms with Gasteiger partial charge in [-0.3, -0.25) is 4.90 Å². The molecule has 0 amide bonds. The van der Waals surface area contributed by atoms with Crippen molar-refractivity contribution in [3.05, 3.63) is 0 Å². The van der Waals surface area contributed by atoms with Gasteiger partial charge in [-0.05, 0) is 45.8 Å². The van der Waals surface area contributed by atoms with Gasteiger partial charge in [-0.1, -0.05) is 6.42 Å². The molecule has 2 heterocycles. The summed E-state index contributed by atoms with van der Waals surface area (Å²) in [5.74, 6) is 0. The molecule has 2 aliphatic heterocycles. The molecule has 2 saturated heterocycles. The fourth-order valence-electron chi connectivity index (χ4n) is 3.04. The molecule has 0 aromatic heterocycles. The van der Waals surface area contributed by atoms with E-state index in [1.165, 1.54) is 51.7 Å². The summed E-state index contributed by atoms with van der Waals surface area (Å²) in [6.07, 6.45) is 6.74. The second kappa shape index (κ2) is 5.28. The average Bonchev–Trinajstić information content (AvgIpc) is 2.23. The molecule has 0 aromatic rings. The Morgan fingerprint density at radius 3 is 2.73 bits per heavy atom. The van der Waals surface area contributed by atoms with Crippen molar-refractivity contribution in [2.75, 3.05) is 33.2 Å². The van der Waals surface area contributed by atoms with E-state index < -0.39 is 0 Å². The van der Waals surface area contributed by atoms with Crippen molar-refractivity contribution in [2.45, 2.75) is 44.2 Å². The van der Waals surface area contributed by atoms with Gasteiger partial charge in [0, 0.05) is 25.2 Å². The summed E-state index contributed by atoms with van der Waals surface area (Å²) in [4.78, 5) is 5.18. The molecule has 0 aliphatic carbocycles.